The standard InChI is InChI=1S/C25H28O5/c1-14(2)5-7-16-9-17(11-22(27)24(16)28)18-10-20-23(30-13-18)12-21(26)19(25(20)29)8-6-15(3)4/h5-6,9,11-13,26-29H,7-8,10H2,1-4H3. The van der Waals surface area contributed by atoms with Crippen LogP contribution in [0, 0.1) is 0 Å². The molecule has 1 aliphatic heterocycles. The normalized spacial score (nSPS) is 12.5. The van der Waals surface area contributed by atoms with Crippen LogP contribution in [0.15, 0.2) is 47.8 Å². The Kier molecular flexibility index (Phi) is 6.11. The third kappa shape index (κ3) is 4.46. The summed E-state index contributed by atoms with van der Waals surface area (Å²) in [5.74, 6) is 0.0801. The predicted molar refractivity (Wildman–Crippen MR) is 118 cm³/mol. The summed E-state index contributed by atoms with van der Waals surface area (Å²) >= 11 is 0. The number of fused-ring (bicyclic) bond motifs is 1. The molecule has 3 rings (SSSR count). The number of allylic oxidation sites excluding steroid dienone is 5. The summed E-state index contributed by atoms with van der Waals surface area (Å²) in [7, 11) is 0. The van der Waals surface area contributed by atoms with Gasteiger partial charge in [-0.3, -0.25) is 0 Å². The predicted octanol–water partition coefficient (Wildman–Crippen LogP) is 5.50. The molecule has 0 saturated heterocycles. The maximum atomic E-state index is 10.8. The van der Waals surface area contributed by atoms with Crippen LogP contribution >= 0.6 is 0 Å². The molecule has 1 aliphatic rings. The fraction of sp³-hybridized carbons (Fsp3) is 0.280. The lowest BCUT2D eigenvalue weighted by Crippen LogP contribution is -2.05. The third-order valence-corrected chi connectivity index (χ3v) is 5.13. The van der Waals surface area contributed by atoms with E-state index in [2.05, 4.69) is 0 Å². The molecule has 158 valence electrons. The number of benzene rings is 2. The second-order valence-electron chi connectivity index (χ2n) is 8.11. The van der Waals surface area contributed by atoms with E-state index >= 15 is 0 Å². The molecule has 0 aromatic heterocycles. The Hall–Kier alpha value is -3.34. The first-order valence-corrected chi connectivity index (χ1v) is 9.91. The fourth-order valence-electron chi connectivity index (χ4n) is 3.37. The molecule has 0 saturated carbocycles. The highest BCUT2D eigenvalue weighted by Crippen LogP contribution is 2.44. The van der Waals surface area contributed by atoms with Crippen LogP contribution in [0.25, 0.3) is 5.57 Å². The average Bonchev–Trinajstić information content (AvgIpc) is 2.68. The van der Waals surface area contributed by atoms with Crippen molar-refractivity contribution in [2.45, 2.75) is 47.0 Å². The zero-order valence-electron chi connectivity index (χ0n) is 17.8. The van der Waals surface area contributed by atoms with Gasteiger partial charge in [-0.1, -0.05) is 23.3 Å². The van der Waals surface area contributed by atoms with Crippen molar-refractivity contribution in [3.05, 3.63) is 70.0 Å². The lowest BCUT2D eigenvalue weighted by Gasteiger charge is -2.21. The smallest absolute Gasteiger partial charge is 0.161 e. The maximum Gasteiger partial charge on any atom is 0.161 e. The van der Waals surface area contributed by atoms with Crippen LogP contribution in [0.5, 0.6) is 28.7 Å². The van der Waals surface area contributed by atoms with E-state index in [9.17, 15) is 20.4 Å². The SMILES string of the molecule is CC(C)=CCc1cc(C2=COc3cc(O)c(CC=C(C)C)c(O)c3C2)cc(O)c1O. The number of phenolic OH excluding ortho intramolecular Hbond substituents is 4. The Labute approximate surface area is 176 Å². The Balaban J connectivity index is 1.98. The molecule has 5 heteroatoms. The van der Waals surface area contributed by atoms with Crippen molar-refractivity contribution in [2.24, 2.45) is 0 Å². The van der Waals surface area contributed by atoms with Crippen LogP contribution in [0.2, 0.25) is 0 Å². The van der Waals surface area contributed by atoms with E-state index in [0.717, 1.165) is 16.7 Å². The minimum absolute atomic E-state index is 0.00751. The van der Waals surface area contributed by atoms with Gasteiger partial charge in [0.2, 0.25) is 0 Å². The molecule has 0 aliphatic carbocycles. The number of ether oxygens (including phenoxy) is 1. The third-order valence-electron chi connectivity index (χ3n) is 5.13. The number of rotatable bonds is 5. The topological polar surface area (TPSA) is 90.2 Å². The van der Waals surface area contributed by atoms with Gasteiger partial charge in [0.15, 0.2) is 11.5 Å². The monoisotopic (exact) mass is 408 g/mol. The van der Waals surface area contributed by atoms with E-state index < -0.39 is 0 Å². The summed E-state index contributed by atoms with van der Waals surface area (Å²) in [4.78, 5) is 0. The van der Waals surface area contributed by atoms with Crippen molar-refractivity contribution in [2.75, 3.05) is 0 Å². The van der Waals surface area contributed by atoms with Gasteiger partial charge in [0.25, 0.3) is 0 Å². The lowest BCUT2D eigenvalue weighted by molar-refractivity contribution is 0.400. The van der Waals surface area contributed by atoms with Crippen LogP contribution in [0.4, 0.5) is 0 Å². The van der Waals surface area contributed by atoms with Gasteiger partial charge in [-0.15, -0.1) is 0 Å². The zero-order valence-corrected chi connectivity index (χ0v) is 17.8. The molecule has 2 aromatic carbocycles. The van der Waals surface area contributed by atoms with Crippen molar-refractivity contribution in [3.63, 3.8) is 0 Å². The summed E-state index contributed by atoms with van der Waals surface area (Å²) in [6.45, 7) is 7.86. The molecular formula is C25H28O5. The number of hydrogen-bond acceptors (Lipinski definition) is 5. The summed E-state index contributed by atoms with van der Waals surface area (Å²) < 4.78 is 5.69. The minimum Gasteiger partial charge on any atom is -0.507 e. The lowest BCUT2D eigenvalue weighted by atomic mass is 9.92. The minimum atomic E-state index is -0.199. The number of aromatic hydroxyl groups is 4. The first kappa shape index (κ1) is 21.4. The van der Waals surface area contributed by atoms with Crippen molar-refractivity contribution in [1.82, 2.24) is 0 Å². The van der Waals surface area contributed by atoms with E-state index in [1.807, 2.05) is 45.9 Å². The van der Waals surface area contributed by atoms with Gasteiger partial charge < -0.3 is 25.2 Å². The average molecular weight is 408 g/mol. The van der Waals surface area contributed by atoms with Crippen LogP contribution in [0.1, 0.15) is 49.9 Å². The summed E-state index contributed by atoms with van der Waals surface area (Å²) in [6.07, 6.45) is 6.74. The molecule has 0 fully saturated rings. The molecular weight excluding hydrogens is 380 g/mol. The molecule has 0 radical (unpaired) electrons. The van der Waals surface area contributed by atoms with E-state index in [-0.39, 0.29) is 23.0 Å². The largest absolute Gasteiger partial charge is 0.507 e. The second-order valence-corrected chi connectivity index (χ2v) is 8.11. The Morgan fingerprint density at radius 3 is 2.20 bits per heavy atom. The maximum absolute atomic E-state index is 10.8. The molecule has 0 unspecified atom stereocenters. The molecule has 2 aromatic rings. The van der Waals surface area contributed by atoms with Crippen LogP contribution < -0.4 is 4.74 Å². The van der Waals surface area contributed by atoms with Crippen molar-refractivity contribution in [1.29, 1.82) is 0 Å². The van der Waals surface area contributed by atoms with Crippen LogP contribution in [-0.4, -0.2) is 20.4 Å². The first-order chi connectivity index (χ1) is 14.2. The number of phenols is 4. The highest BCUT2D eigenvalue weighted by molar-refractivity contribution is 5.75. The molecule has 0 amide bonds. The van der Waals surface area contributed by atoms with Crippen LogP contribution in [0.3, 0.4) is 0 Å². The highest BCUT2D eigenvalue weighted by Gasteiger charge is 2.23. The molecule has 30 heavy (non-hydrogen) atoms. The van der Waals surface area contributed by atoms with E-state index in [4.69, 9.17) is 4.74 Å². The van der Waals surface area contributed by atoms with Gasteiger partial charge in [0.1, 0.15) is 17.2 Å². The van der Waals surface area contributed by atoms with Crippen molar-refractivity contribution in [3.8, 4) is 28.7 Å². The van der Waals surface area contributed by atoms with Crippen LogP contribution in [-0.2, 0) is 19.3 Å². The second kappa shape index (κ2) is 8.57. The Morgan fingerprint density at radius 2 is 1.53 bits per heavy atom. The quantitative estimate of drug-likeness (QED) is 0.387. The van der Waals surface area contributed by atoms with Gasteiger partial charge >= 0.3 is 0 Å². The van der Waals surface area contributed by atoms with Gasteiger partial charge in [-0.25, -0.2) is 0 Å². The number of hydrogen-bond donors (Lipinski definition) is 4. The molecule has 1 heterocycles. The molecule has 0 bridgehead atoms. The van der Waals surface area contributed by atoms with E-state index in [1.165, 1.54) is 12.1 Å². The Morgan fingerprint density at radius 1 is 0.867 bits per heavy atom. The molecule has 0 spiro atoms. The highest BCUT2D eigenvalue weighted by atomic mass is 16.5. The van der Waals surface area contributed by atoms with Crippen molar-refractivity contribution < 1.29 is 25.2 Å². The van der Waals surface area contributed by atoms with Gasteiger partial charge in [-0.2, -0.15) is 0 Å². The molecule has 0 atom stereocenters. The van der Waals surface area contributed by atoms with Gasteiger partial charge in [0, 0.05) is 29.2 Å². The van der Waals surface area contributed by atoms with Gasteiger partial charge in [0.05, 0.1) is 6.26 Å². The molecule has 5 nitrogen and oxygen atoms in total. The summed E-state index contributed by atoms with van der Waals surface area (Å²) in [5, 5.41) is 41.5. The first-order valence-electron chi connectivity index (χ1n) is 9.91. The zero-order chi connectivity index (χ0) is 22.0. The Bertz CT molecular complexity index is 1070. The van der Waals surface area contributed by atoms with Crippen molar-refractivity contribution >= 4 is 5.57 Å². The summed E-state index contributed by atoms with van der Waals surface area (Å²) in [6, 6.07) is 4.82. The van der Waals surface area contributed by atoms with E-state index in [1.54, 1.807) is 6.26 Å². The molecule has 4 N–H and O–H groups in total. The fourth-order valence-corrected chi connectivity index (χ4v) is 3.37. The van der Waals surface area contributed by atoms with Gasteiger partial charge in [-0.05, 0) is 63.8 Å². The van der Waals surface area contributed by atoms with E-state index in [0.29, 0.717) is 47.3 Å². The summed E-state index contributed by atoms with van der Waals surface area (Å²) in [5.41, 5.74) is 5.31.